The third-order valence-corrected chi connectivity index (χ3v) is 2.67. The molecule has 0 bridgehead atoms. The van der Waals surface area contributed by atoms with E-state index < -0.39 is 24.1 Å². The van der Waals surface area contributed by atoms with E-state index in [-0.39, 0.29) is 25.2 Å². The molecule has 0 unspecified atom stereocenters. The van der Waals surface area contributed by atoms with E-state index in [0.717, 1.165) is 6.07 Å². The Bertz CT molecular complexity index is 562. The molecule has 0 atom stereocenters. The molecule has 0 radical (unpaired) electrons. The van der Waals surface area contributed by atoms with E-state index in [1.807, 2.05) is 6.07 Å². The highest BCUT2D eigenvalue weighted by atomic mass is 19.1. The number of carbonyl (C=O) groups is 1. The van der Waals surface area contributed by atoms with E-state index in [9.17, 15) is 13.6 Å². The summed E-state index contributed by atoms with van der Waals surface area (Å²) in [7, 11) is 0. The zero-order valence-electron chi connectivity index (χ0n) is 13.0. The number of rotatable bonds is 6. The van der Waals surface area contributed by atoms with Gasteiger partial charge in [-0.2, -0.15) is 5.26 Å². The van der Waals surface area contributed by atoms with Gasteiger partial charge in [-0.05, 0) is 44.5 Å². The highest BCUT2D eigenvalue weighted by molar-refractivity contribution is 5.72. The molecule has 1 aromatic rings. The minimum Gasteiger partial charge on any atom is -0.459 e. The summed E-state index contributed by atoms with van der Waals surface area (Å²) >= 11 is 0. The Morgan fingerprint density at radius 2 is 2.05 bits per heavy atom. The molecule has 0 heterocycles. The van der Waals surface area contributed by atoms with Gasteiger partial charge in [-0.3, -0.25) is 9.69 Å². The zero-order chi connectivity index (χ0) is 16.8. The van der Waals surface area contributed by atoms with Gasteiger partial charge in [0.1, 0.15) is 18.1 Å². The smallest absolute Gasteiger partial charge is 0.320 e. The van der Waals surface area contributed by atoms with Gasteiger partial charge in [-0.1, -0.05) is 0 Å². The zero-order valence-corrected chi connectivity index (χ0v) is 13.0. The van der Waals surface area contributed by atoms with Gasteiger partial charge in [-0.25, -0.2) is 8.78 Å². The first-order valence-corrected chi connectivity index (χ1v) is 6.93. The lowest BCUT2D eigenvalue weighted by atomic mass is 10.1. The van der Waals surface area contributed by atoms with Crippen LogP contribution in [0, 0.1) is 17.1 Å². The first kappa shape index (κ1) is 18.1. The number of carbonyl (C=O) groups excluding carboxylic acids is 1. The largest absolute Gasteiger partial charge is 0.459 e. The molecular formula is C16H20F2N2O2. The van der Waals surface area contributed by atoms with Crippen molar-refractivity contribution in [3.8, 4) is 6.07 Å². The molecule has 1 rings (SSSR count). The van der Waals surface area contributed by atoms with E-state index in [0.29, 0.717) is 5.56 Å². The molecule has 4 nitrogen and oxygen atoms in total. The topological polar surface area (TPSA) is 53.3 Å². The number of alkyl halides is 1. The number of hydrogen-bond donors (Lipinski definition) is 0. The Morgan fingerprint density at radius 1 is 1.36 bits per heavy atom. The van der Waals surface area contributed by atoms with E-state index >= 15 is 0 Å². The maximum absolute atomic E-state index is 13.4. The Morgan fingerprint density at radius 3 is 2.59 bits per heavy atom. The SMILES string of the molecule is CC(C)(C)OC(=O)CN(CCF)Cc1cc(F)cc(C#N)c1. The molecule has 120 valence electrons. The van der Waals surface area contributed by atoms with Crippen molar-refractivity contribution in [2.45, 2.75) is 32.9 Å². The van der Waals surface area contributed by atoms with Crippen molar-refractivity contribution in [2.24, 2.45) is 0 Å². The number of nitrogens with zero attached hydrogens (tertiary/aromatic N) is 2. The summed E-state index contributed by atoms with van der Waals surface area (Å²) in [5.41, 5.74) is 0.0757. The minimum atomic E-state index is -0.636. The van der Waals surface area contributed by atoms with Gasteiger partial charge in [-0.15, -0.1) is 0 Å². The summed E-state index contributed by atoms with van der Waals surface area (Å²) < 4.78 is 31.2. The number of halogens is 2. The second kappa shape index (κ2) is 7.85. The lowest BCUT2D eigenvalue weighted by Crippen LogP contribution is -2.35. The van der Waals surface area contributed by atoms with Gasteiger partial charge in [0.15, 0.2) is 0 Å². The molecule has 22 heavy (non-hydrogen) atoms. The molecule has 0 spiro atoms. The molecule has 0 aliphatic rings. The predicted molar refractivity (Wildman–Crippen MR) is 78.2 cm³/mol. The van der Waals surface area contributed by atoms with Crippen molar-refractivity contribution >= 4 is 5.97 Å². The van der Waals surface area contributed by atoms with Crippen LogP contribution in [-0.2, 0) is 16.1 Å². The summed E-state index contributed by atoms with van der Waals surface area (Å²) in [4.78, 5) is 13.3. The first-order valence-electron chi connectivity index (χ1n) is 6.93. The van der Waals surface area contributed by atoms with Gasteiger partial charge in [0.2, 0.25) is 0 Å². The summed E-state index contributed by atoms with van der Waals surface area (Å²) in [6.07, 6.45) is 0. The molecular weight excluding hydrogens is 290 g/mol. The van der Waals surface area contributed by atoms with Crippen LogP contribution in [-0.4, -0.2) is 36.2 Å². The van der Waals surface area contributed by atoms with Crippen LogP contribution < -0.4 is 0 Å². The summed E-state index contributed by atoms with van der Waals surface area (Å²) in [6, 6.07) is 5.77. The molecule has 0 fully saturated rings. The van der Waals surface area contributed by atoms with Crippen LogP contribution in [0.1, 0.15) is 31.9 Å². The van der Waals surface area contributed by atoms with Crippen LogP contribution >= 0.6 is 0 Å². The summed E-state index contributed by atoms with van der Waals surface area (Å²) in [6.45, 7) is 4.69. The average molecular weight is 310 g/mol. The predicted octanol–water partition coefficient (Wildman–Crippen LogP) is 2.81. The molecule has 1 aromatic carbocycles. The highest BCUT2D eigenvalue weighted by Crippen LogP contribution is 2.12. The third-order valence-electron chi connectivity index (χ3n) is 2.67. The second-order valence-corrected chi connectivity index (χ2v) is 5.95. The molecule has 0 aliphatic heterocycles. The quantitative estimate of drug-likeness (QED) is 0.758. The standard InChI is InChI=1S/C16H20F2N2O2/c1-16(2,3)22-15(21)11-20(5-4-17)10-13-6-12(9-19)7-14(18)8-13/h6-8H,4-5,10-11H2,1-3H3. The van der Waals surface area contributed by atoms with Gasteiger partial charge in [0.05, 0.1) is 18.2 Å². The number of nitriles is 1. The number of hydrogen-bond acceptors (Lipinski definition) is 4. The minimum absolute atomic E-state index is 0.0254. The van der Waals surface area contributed by atoms with E-state index in [1.54, 1.807) is 20.8 Å². The van der Waals surface area contributed by atoms with Crippen LogP contribution in [0.5, 0.6) is 0 Å². The summed E-state index contributed by atoms with van der Waals surface area (Å²) in [5.74, 6) is -1.01. The Balaban J connectivity index is 2.78. The maximum Gasteiger partial charge on any atom is 0.320 e. The fraction of sp³-hybridized carbons (Fsp3) is 0.500. The molecule has 0 saturated carbocycles. The fourth-order valence-corrected chi connectivity index (χ4v) is 1.95. The van der Waals surface area contributed by atoms with Crippen LogP contribution in [0.25, 0.3) is 0 Å². The van der Waals surface area contributed by atoms with Crippen molar-refractivity contribution in [1.29, 1.82) is 5.26 Å². The molecule has 0 saturated heterocycles. The van der Waals surface area contributed by atoms with Crippen LogP contribution in [0.3, 0.4) is 0 Å². The van der Waals surface area contributed by atoms with Crippen LogP contribution in [0.4, 0.5) is 8.78 Å². The molecule has 6 heteroatoms. The van der Waals surface area contributed by atoms with Crippen molar-refractivity contribution in [1.82, 2.24) is 4.90 Å². The number of benzene rings is 1. The van der Waals surface area contributed by atoms with Crippen molar-refractivity contribution in [2.75, 3.05) is 19.8 Å². The highest BCUT2D eigenvalue weighted by Gasteiger charge is 2.19. The molecule has 0 aliphatic carbocycles. The molecule has 0 aromatic heterocycles. The van der Waals surface area contributed by atoms with Crippen molar-refractivity contribution in [3.63, 3.8) is 0 Å². The third kappa shape index (κ3) is 6.64. The lowest BCUT2D eigenvalue weighted by Gasteiger charge is -2.24. The summed E-state index contributed by atoms with van der Waals surface area (Å²) in [5, 5.41) is 8.83. The van der Waals surface area contributed by atoms with Crippen LogP contribution in [0.2, 0.25) is 0 Å². The number of esters is 1. The van der Waals surface area contributed by atoms with E-state index in [2.05, 4.69) is 0 Å². The van der Waals surface area contributed by atoms with Crippen molar-refractivity contribution < 1.29 is 18.3 Å². The Kier molecular flexibility index (Phi) is 6.44. The van der Waals surface area contributed by atoms with Gasteiger partial charge < -0.3 is 4.74 Å². The second-order valence-electron chi connectivity index (χ2n) is 5.95. The molecule has 0 amide bonds. The fourth-order valence-electron chi connectivity index (χ4n) is 1.95. The lowest BCUT2D eigenvalue weighted by molar-refractivity contribution is -0.156. The van der Waals surface area contributed by atoms with E-state index in [1.165, 1.54) is 17.0 Å². The monoisotopic (exact) mass is 310 g/mol. The maximum atomic E-state index is 13.4. The number of ether oxygens (including phenoxy) is 1. The Labute approximate surface area is 129 Å². The van der Waals surface area contributed by atoms with E-state index in [4.69, 9.17) is 10.00 Å². The normalized spacial score (nSPS) is 11.3. The average Bonchev–Trinajstić information content (AvgIpc) is 2.35. The van der Waals surface area contributed by atoms with Gasteiger partial charge in [0.25, 0.3) is 0 Å². The Hall–Kier alpha value is -2.00. The van der Waals surface area contributed by atoms with Crippen molar-refractivity contribution in [3.05, 3.63) is 35.1 Å². The van der Waals surface area contributed by atoms with Gasteiger partial charge in [0, 0.05) is 13.1 Å². The van der Waals surface area contributed by atoms with Crippen LogP contribution in [0.15, 0.2) is 18.2 Å². The molecule has 0 N–H and O–H groups in total. The van der Waals surface area contributed by atoms with Gasteiger partial charge >= 0.3 is 5.97 Å². The first-order chi connectivity index (χ1) is 10.2.